The van der Waals surface area contributed by atoms with Gasteiger partial charge in [0.05, 0.1) is 25.1 Å². The number of benzene rings is 3. The highest BCUT2D eigenvalue weighted by molar-refractivity contribution is 7.92. The van der Waals surface area contributed by atoms with Gasteiger partial charge in [0.25, 0.3) is 5.91 Å². The van der Waals surface area contributed by atoms with Crippen molar-refractivity contribution in [2.45, 2.75) is 20.4 Å². The molecule has 0 saturated heterocycles. The van der Waals surface area contributed by atoms with Gasteiger partial charge >= 0.3 is 0 Å². The van der Waals surface area contributed by atoms with E-state index in [-0.39, 0.29) is 12.5 Å². The van der Waals surface area contributed by atoms with Gasteiger partial charge in [0.15, 0.2) is 0 Å². The molecule has 0 saturated carbocycles. The zero-order valence-electron chi connectivity index (χ0n) is 18.4. The minimum Gasteiger partial charge on any atom is -0.494 e. The SMILES string of the molecule is CCOc1ccc(C(=O)Nc2ccc(Cl)cc2C)cc1CN(c1ccc(F)cc1)S(C)(=O)=O. The van der Waals surface area contributed by atoms with Gasteiger partial charge in [0.1, 0.15) is 11.6 Å². The Morgan fingerprint density at radius 1 is 1.09 bits per heavy atom. The summed E-state index contributed by atoms with van der Waals surface area (Å²) < 4.78 is 45.2. The molecule has 6 nitrogen and oxygen atoms in total. The Hall–Kier alpha value is -3.10. The second kappa shape index (κ2) is 10.2. The van der Waals surface area contributed by atoms with Crippen molar-refractivity contribution in [3.8, 4) is 5.75 Å². The van der Waals surface area contributed by atoms with E-state index >= 15 is 0 Å². The fraction of sp³-hybridized carbons (Fsp3) is 0.208. The summed E-state index contributed by atoms with van der Waals surface area (Å²) in [6.07, 6.45) is 1.07. The zero-order chi connectivity index (χ0) is 24.2. The Morgan fingerprint density at radius 2 is 1.79 bits per heavy atom. The number of nitrogens with zero attached hydrogens (tertiary/aromatic N) is 1. The highest BCUT2D eigenvalue weighted by Gasteiger charge is 2.21. The molecule has 0 unspecified atom stereocenters. The Kier molecular flexibility index (Phi) is 7.61. The molecule has 174 valence electrons. The first kappa shape index (κ1) is 24.5. The summed E-state index contributed by atoms with van der Waals surface area (Å²) >= 11 is 5.98. The maximum atomic E-state index is 13.4. The zero-order valence-corrected chi connectivity index (χ0v) is 20.0. The van der Waals surface area contributed by atoms with Crippen LogP contribution in [0.5, 0.6) is 5.75 Å². The largest absolute Gasteiger partial charge is 0.494 e. The van der Waals surface area contributed by atoms with Crippen LogP contribution in [0.2, 0.25) is 5.02 Å². The van der Waals surface area contributed by atoms with Gasteiger partial charge in [0, 0.05) is 21.8 Å². The van der Waals surface area contributed by atoms with E-state index < -0.39 is 15.8 Å². The number of hydrogen-bond donors (Lipinski definition) is 1. The third-order valence-corrected chi connectivity index (χ3v) is 6.26. The first-order valence-corrected chi connectivity index (χ1v) is 12.4. The number of carbonyl (C=O) groups is 1. The molecule has 0 aliphatic rings. The molecule has 9 heteroatoms. The topological polar surface area (TPSA) is 75.7 Å². The quantitative estimate of drug-likeness (QED) is 0.458. The summed E-state index contributed by atoms with van der Waals surface area (Å²) in [5.41, 5.74) is 2.54. The van der Waals surface area contributed by atoms with E-state index in [2.05, 4.69) is 5.32 Å². The predicted molar refractivity (Wildman–Crippen MR) is 129 cm³/mol. The van der Waals surface area contributed by atoms with Gasteiger partial charge in [-0.2, -0.15) is 0 Å². The van der Waals surface area contributed by atoms with Gasteiger partial charge in [-0.1, -0.05) is 11.6 Å². The molecule has 3 rings (SSSR count). The molecule has 0 radical (unpaired) electrons. The molecule has 0 aliphatic heterocycles. The first-order valence-electron chi connectivity index (χ1n) is 10.1. The second-order valence-corrected chi connectivity index (χ2v) is 9.76. The van der Waals surface area contributed by atoms with E-state index in [1.807, 2.05) is 13.8 Å². The first-order chi connectivity index (χ1) is 15.6. The number of ether oxygens (including phenoxy) is 1. The van der Waals surface area contributed by atoms with Crippen molar-refractivity contribution < 1.29 is 22.3 Å². The molecule has 0 aromatic heterocycles. The van der Waals surface area contributed by atoms with Gasteiger partial charge in [-0.05, 0) is 80.1 Å². The lowest BCUT2D eigenvalue weighted by Crippen LogP contribution is -2.29. The van der Waals surface area contributed by atoms with Crippen LogP contribution in [0.1, 0.15) is 28.4 Å². The minimum atomic E-state index is -3.71. The van der Waals surface area contributed by atoms with Crippen molar-refractivity contribution in [2.24, 2.45) is 0 Å². The fourth-order valence-corrected chi connectivity index (χ4v) is 4.37. The maximum absolute atomic E-state index is 13.4. The molecule has 1 N–H and O–H groups in total. The molecule has 3 aromatic rings. The molecule has 0 fully saturated rings. The van der Waals surface area contributed by atoms with Crippen molar-refractivity contribution in [3.05, 3.63) is 88.2 Å². The van der Waals surface area contributed by atoms with Crippen LogP contribution < -0.4 is 14.4 Å². The van der Waals surface area contributed by atoms with Crippen LogP contribution in [0.3, 0.4) is 0 Å². The molecule has 0 atom stereocenters. The van der Waals surface area contributed by atoms with E-state index in [9.17, 15) is 17.6 Å². The van der Waals surface area contributed by atoms with E-state index in [0.29, 0.717) is 39.9 Å². The number of halogens is 2. The second-order valence-electron chi connectivity index (χ2n) is 7.41. The van der Waals surface area contributed by atoms with Gasteiger partial charge < -0.3 is 10.1 Å². The number of amides is 1. The van der Waals surface area contributed by atoms with Crippen molar-refractivity contribution >= 4 is 38.9 Å². The summed E-state index contributed by atoms with van der Waals surface area (Å²) in [4.78, 5) is 12.9. The van der Waals surface area contributed by atoms with Crippen molar-refractivity contribution in [1.29, 1.82) is 0 Å². The van der Waals surface area contributed by atoms with Crippen LogP contribution in [-0.4, -0.2) is 27.2 Å². The Labute approximate surface area is 198 Å². The van der Waals surface area contributed by atoms with Gasteiger partial charge in [-0.3, -0.25) is 9.10 Å². The Bertz CT molecular complexity index is 1260. The summed E-state index contributed by atoms with van der Waals surface area (Å²) in [7, 11) is -3.71. The molecule has 1 amide bonds. The summed E-state index contributed by atoms with van der Waals surface area (Å²) in [5, 5.41) is 3.41. The molecular weight excluding hydrogens is 467 g/mol. The average molecular weight is 491 g/mol. The molecule has 0 spiro atoms. The third-order valence-electron chi connectivity index (χ3n) is 4.89. The molecular formula is C24H24ClFN2O4S. The predicted octanol–water partition coefficient (Wildman–Crippen LogP) is 5.40. The van der Waals surface area contributed by atoms with Crippen molar-refractivity contribution in [2.75, 3.05) is 22.5 Å². The van der Waals surface area contributed by atoms with Crippen LogP contribution in [0.15, 0.2) is 60.7 Å². The normalized spacial score (nSPS) is 11.2. The Morgan fingerprint density at radius 3 is 2.39 bits per heavy atom. The maximum Gasteiger partial charge on any atom is 0.255 e. The lowest BCUT2D eigenvalue weighted by atomic mass is 10.1. The number of anilines is 2. The number of aryl methyl sites for hydroxylation is 1. The van der Waals surface area contributed by atoms with Crippen molar-refractivity contribution in [3.63, 3.8) is 0 Å². The van der Waals surface area contributed by atoms with Crippen LogP contribution >= 0.6 is 11.6 Å². The fourth-order valence-electron chi connectivity index (χ4n) is 3.26. The third kappa shape index (κ3) is 6.24. The average Bonchev–Trinajstić information content (AvgIpc) is 2.75. The monoisotopic (exact) mass is 490 g/mol. The van der Waals surface area contributed by atoms with Crippen LogP contribution in [-0.2, 0) is 16.6 Å². The van der Waals surface area contributed by atoms with E-state index in [0.717, 1.165) is 16.1 Å². The van der Waals surface area contributed by atoms with Crippen molar-refractivity contribution in [1.82, 2.24) is 0 Å². The van der Waals surface area contributed by atoms with Crippen LogP contribution in [0.25, 0.3) is 0 Å². The summed E-state index contributed by atoms with van der Waals surface area (Å²) in [6.45, 7) is 3.90. The number of carbonyl (C=O) groups excluding carboxylic acids is 1. The lowest BCUT2D eigenvalue weighted by Gasteiger charge is -2.24. The van der Waals surface area contributed by atoms with Crippen LogP contribution in [0, 0.1) is 12.7 Å². The van der Waals surface area contributed by atoms with Gasteiger partial charge in [-0.15, -0.1) is 0 Å². The molecule has 33 heavy (non-hydrogen) atoms. The molecule has 0 bridgehead atoms. The van der Waals surface area contributed by atoms with E-state index in [1.54, 1.807) is 36.4 Å². The molecule has 0 aliphatic carbocycles. The summed E-state index contributed by atoms with van der Waals surface area (Å²) in [5.74, 6) is -0.386. The standard InChI is InChI=1S/C24H24ClFN2O4S/c1-4-32-23-12-5-17(24(29)27-22-11-6-19(25)13-16(22)2)14-18(23)15-28(33(3,30)31)21-9-7-20(26)8-10-21/h5-14H,4,15H2,1-3H3,(H,27,29). The minimum absolute atomic E-state index is 0.0963. The number of rotatable bonds is 8. The van der Waals surface area contributed by atoms with E-state index in [1.165, 1.54) is 24.3 Å². The number of sulfonamides is 1. The molecule has 3 aromatic carbocycles. The van der Waals surface area contributed by atoms with E-state index in [4.69, 9.17) is 16.3 Å². The molecule has 0 heterocycles. The van der Waals surface area contributed by atoms with Crippen LogP contribution in [0.4, 0.5) is 15.8 Å². The smallest absolute Gasteiger partial charge is 0.255 e. The lowest BCUT2D eigenvalue weighted by molar-refractivity contribution is 0.102. The highest BCUT2D eigenvalue weighted by Crippen LogP contribution is 2.28. The van der Waals surface area contributed by atoms with Gasteiger partial charge in [-0.25, -0.2) is 12.8 Å². The Balaban J connectivity index is 1.96. The summed E-state index contributed by atoms with van der Waals surface area (Å²) in [6, 6.07) is 15.1. The van der Waals surface area contributed by atoms with Gasteiger partial charge in [0.2, 0.25) is 10.0 Å². The highest BCUT2D eigenvalue weighted by atomic mass is 35.5. The number of hydrogen-bond acceptors (Lipinski definition) is 4. The number of nitrogens with one attached hydrogen (secondary N) is 1.